The van der Waals surface area contributed by atoms with Crippen LogP contribution in [0.4, 0.5) is 0 Å². The smallest absolute Gasteiger partial charge is 0.244 e. The minimum Gasteiger partial charge on any atom is -0.392 e. The zero-order valence-corrected chi connectivity index (χ0v) is 13.2. The van der Waals surface area contributed by atoms with Gasteiger partial charge in [0.05, 0.1) is 11.5 Å². The predicted molar refractivity (Wildman–Crippen MR) is 77.2 cm³/mol. The van der Waals surface area contributed by atoms with Gasteiger partial charge in [0.2, 0.25) is 10.0 Å². The molecular weight excluding hydrogens is 330 g/mol. The summed E-state index contributed by atoms with van der Waals surface area (Å²) in [6.45, 7) is 3.10. The molecule has 1 fully saturated rings. The third-order valence-corrected chi connectivity index (χ3v) is 6.48. The standard InChI is InChI=1S/C13H18BrNO3S/c1-2-10-5-6-15(8-10)19(17,18)13-7-11(9-16)3-4-12(13)14/h3-4,7,10,16H,2,5-6,8-9H2,1H3. The van der Waals surface area contributed by atoms with Gasteiger partial charge in [-0.1, -0.05) is 19.4 Å². The van der Waals surface area contributed by atoms with E-state index >= 15 is 0 Å². The summed E-state index contributed by atoms with van der Waals surface area (Å²) in [6, 6.07) is 4.92. The molecule has 0 amide bonds. The van der Waals surface area contributed by atoms with Gasteiger partial charge in [0.1, 0.15) is 0 Å². The lowest BCUT2D eigenvalue weighted by molar-refractivity contribution is 0.281. The van der Waals surface area contributed by atoms with Crippen LogP contribution in [-0.2, 0) is 16.6 Å². The summed E-state index contributed by atoms with van der Waals surface area (Å²) in [5, 5.41) is 9.14. The minimum atomic E-state index is -3.47. The van der Waals surface area contributed by atoms with Crippen LogP contribution in [-0.4, -0.2) is 30.9 Å². The van der Waals surface area contributed by atoms with Crippen LogP contribution in [0.15, 0.2) is 27.6 Å². The number of sulfonamides is 1. The molecule has 0 aliphatic carbocycles. The number of hydrogen-bond donors (Lipinski definition) is 1. The lowest BCUT2D eigenvalue weighted by atomic mass is 10.1. The van der Waals surface area contributed by atoms with Crippen LogP contribution in [0.3, 0.4) is 0 Å². The topological polar surface area (TPSA) is 57.6 Å². The van der Waals surface area contributed by atoms with Gasteiger partial charge >= 0.3 is 0 Å². The predicted octanol–water partition coefficient (Wildman–Crippen LogP) is 2.36. The van der Waals surface area contributed by atoms with Crippen molar-refractivity contribution in [3.63, 3.8) is 0 Å². The molecule has 4 nitrogen and oxygen atoms in total. The van der Waals surface area contributed by atoms with Crippen molar-refractivity contribution in [2.45, 2.75) is 31.3 Å². The average molecular weight is 348 g/mol. The number of hydrogen-bond acceptors (Lipinski definition) is 3. The van der Waals surface area contributed by atoms with E-state index in [1.54, 1.807) is 22.5 Å². The van der Waals surface area contributed by atoms with Gasteiger partial charge in [-0.3, -0.25) is 0 Å². The Kier molecular flexibility index (Phi) is 4.66. The molecule has 2 rings (SSSR count). The van der Waals surface area contributed by atoms with E-state index in [1.165, 1.54) is 0 Å². The van der Waals surface area contributed by atoms with Crippen LogP contribution in [0.1, 0.15) is 25.3 Å². The minimum absolute atomic E-state index is 0.159. The third-order valence-electron chi connectivity index (χ3n) is 3.62. The summed E-state index contributed by atoms with van der Waals surface area (Å²) in [6.07, 6.45) is 1.93. The van der Waals surface area contributed by atoms with E-state index in [4.69, 9.17) is 5.11 Å². The molecule has 1 atom stereocenters. The Balaban J connectivity index is 2.34. The number of nitrogens with zero attached hydrogens (tertiary/aromatic N) is 1. The maximum atomic E-state index is 12.6. The fourth-order valence-corrected chi connectivity index (χ4v) is 4.84. The zero-order valence-electron chi connectivity index (χ0n) is 10.8. The Bertz CT molecular complexity index is 559. The first-order valence-corrected chi connectivity index (χ1v) is 8.61. The summed E-state index contributed by atoms with van der Waals surface area (Å²) in [7, 11) is -3.47. The lowest BCUT2D eigenvalue weighted by Gasteiger charge is -2.18. The van der Waals surface area contributed by atoms with Gasteiger partial charge in [0, 0.05) is 17.6 Å². The Morgan fingerprint density at radius 2 is 2.21 bits per heavy atom. The highest BCUT2D eigenvalue weighted by Gasteiger charge is 2.32. The van der Waals surface area contributed by atoms with Crippen LogP contribution in [0.2, 0.25) is 0 Å². The second-order valence-corrected chi connectivity index (χ2v) is 7.61. The fourth-order valence-electron chi connectivity index (χ4n) is 2.33. The molecule has 0 radical (unpaired) electrons. The quantitative estimate of drug-likeness (QED) is 0.909. The Labute approximate surface area is 122 Å². The van der Waals surface area contributed by atoms with Gasteiger partial charge in [-0.25, -0.2) is 8.42 Å². The number of aliphatic hydroxyl groups excluding tert-OH is 1. The van der Waals surface area contributed by atoms with Crippen LogP contribution in [0, 0.1) is 5.92 Å². The zero-order chi connectivity index (χ0) is 14.0. The highest BCUT2D eigenvalue weighted by Crippen LogP contribution is 2.30. The van der Waals surface area contributed by atoms with Crippen LogP contribution < -0.4 is 0 Å². The SMILES string of the molecule is CCC1CCN(S(=O)(=O)c2cc(CO)ccc2Br)C1. The van der Waals surface area contributed by atoms with Gasteiger partial charge < -0.3 is 5.11 Å². The molecule has 19 heavy (non-hydrogen) atoms. The normalized spacial score (nSPS) is 20.9. The number of benzene rings is 1. The van der Waals surface area contributed by atoms with E-state index in [2.05, 4.69) is 22.9 Å². The van der Waals surface area contributed by atoms with Crippen molar-refractivity contribution in [1.29, 1.82) is 0 Å². The van der Waals surface area contributed by atoms with Gasteiger partial charge in [-0.15, -0.1) is 0 Å². The first-order chi connectivity index (χ1) is 8.98. The van der Waals surface area contributed by atoms with E-state index < -0.39 is 10.0 Å². The van der Waals surface area contributed by atoms with E-state index in [-0.39, 0.29) is 11.5 Å². The molecule has 1 aromatic carbocycles. The molecule has 0 spiro atoms. The van der Waals surface area contributed by atoms with Gasteiger partial charge in [0.15, 0.2) is 0 Å². The molecule has 6 heteroatoms. The second kappa shape index (κ2) is 5.91. The summed E-state index contributed by atoms with van der Waals surface area (Å²) < 4.78 is 27.3. The maximum Gasteiger partial charge on any atom is 0.244 e. The van der Waals surface area contributed by atoms with Gasteiger partial charge in [-0.05, 0) is 46.0 Å². The summed E-state index contributed by atoms with van der Waals surface area (Å²) in [5.74, 6) is 0.453. The fraction of sp³-hybridized carbons (Fsp3) is 0.538. The largest absolute Gasteiger partial charge is 0.392 e. The highest BCUT2D eigenvalue weighted by molar-refractivity contribution is 9.10. The molecule has 1 saturated heterocycles. The van der Waals surface area contributed by atoms with E-state index in [0.29, 0.717) is 29.0 Å². The van der Waals surface area contributed by atoms with Crippen molar-refractivity contribution in [1.82, 2.24) is 4.31 Å². The van der Waals surface area contributed by atoms with Crippen molar-refractivity contribution < 1.29 is 13.5 Å². The second-order valence-electron chi connectivity index (χ2n) is 4.85. The van der Waals surface area contributed by atoms with Crippen LogP contribution >= 0.6 is 15.9 Å². The molecule has 0 bridgehead atoms. The average Bonchev–Trinajstić information content (AvgIpc) is 2.88. The van der Waals surface area contributed by atoms with E-state index in [9.17, 15) is 8.42 Å². The summed E-state index contributed by atoms with van der Waals surface area (Å²) in [5.41, 5.74) is 0.605. The third kappa shape index (κ3) is 3.02. The van der Waals surface area contributed by atoms with Crippen molar-refractivity contribution >= 4 is 26.0 Å². The molecule has 1 unspecified atom stereocenters. The highest BCUT2D eigenvalue weighted by atomic mass is 79.9. The molecule has 0 aromatic heterocycles. The van der Waals surface area contributed by atoms with Crippen molar-refractivity contribution in [2.24, 2.45) is 5.92 Å². The van der Waals surface area contributed by atoms with E-state index in [0.717, 1.165) is 12.8 Å². The molecule has 0 saturated carbocycles. The van der Waals surface area contributed by atoms with Crippen LogP contribution in [0.5, 0.6) is 0 Å². The Morgan fingerprint density at radius 3 is 2.79 bits per heavy atom. The Hall–Kier alpha value is -0.430. The molecule has 1 aromatic rings. The van der Waals surface area contributed by atoms with E-state index in [1.807, 2.05) is 0 Å². The molecule has 106 valence electrons. The van der Waals surface area contributed by atoms with Crippen LogP contribution in [0.25, 0.3) is 0 Å². The van der Waals surface area contributed by atoms with Crippen molar-refractivity contribution in [3.05, 3.63) is 28.2 Å². The monoisotopic (exact) mass is 347 g/mol. The first-order valence-electron chi connectivity index (χ1n) is 6.38. The Morgan fingerprint density at radius 1 is 1.47 bits per heavy atom. The van der Waals surface area contributed by atoms with Gasteiger partial charge in [0.25, 0.3) is 0 Å². The summed E-state index contributed by atoms with van der Waals surface area (Å²) >= 11 is 3.29. The maximum absolute atomic E-state index is 12.6. The molecule has 1 aliphatic rings. The summed E-state index contributed by atoms with van der Waals surface area (Å²) in [4.78, 5) is 0.246. The van der Waals surface area contributed by atoms with Crippen molar-refractivity contribution in [3.8, 4) is 0 Å². The van der Waals surface area contributed by atoms with Crippen molar-refractivity contribution in [2.75, 3.05) is 13.1 Å². The number of halogens is 1. The number of aliphatic hydroxyl groups is 1. The molecule has 1 aliphatic heterocycles. The molecule has 1 N–H and O–H groups in total. The van der Waals surface area contributed by atoms with Gasteiger partial charge in [-0.2, -0.15) is 4.31 Å². The lowest BCUT2D eigenvalue weighted by Crippen LogP contribution is -2.29. The number of rotatable bonds is 4. The molecule has 1 heterocycles. The molecular formula is C13H18BrNO3S. The first kappa shape index (κ1) is 15.0.